The van der Waals surface area contributed by atoms with Gasteiger partial charge in [0.15, 0.2) is 18.0 Å². The average Bonchev–Trinajstić information content (AvgIpc) is 3.45. The van der Waals surface area contributed by atoms with E-state index in [0.717, 1.165) is 0 Å². The molecule has 0 aliphatic carbocycles. The van der Waals surface area contributed by atoms with Crippen LogP contribution in [-0.2, 0) is 48.4 Å². The lowest BCUT2D eigenvalue weighted by Crippen LogP contribution is -2.46. The summed E-state index contributed by atoms with van der Waals surface area (Å²) in [6.07, 6.45) is -4.19. The normalized spacial score (nSPS) is 25.2. The van der Waals surface area contributed by atoms with E-state index in [4.69, 9.17) is 34.2 Å². The molecule has 4 heterocycles. The number of carbonyl (C=O) groups excluding carboxylic acids is 4. The van der Waals surface area contributed by atoms with E-state index in [1.807, 2.05) is 6.07 Å². The summed E-state index contributed by atoms with van der Waals surface area (Å²) in [6, 6.07) is 5.07. The van der Waals surface area contributed by atoms with Crippen LogP contribution < -0.4 is 5.73 Å². The van der Waals surface area contributed by atoms with E-state index < -0.39 is 60.2 Å². The number of rotatable bonds is 6. The fraction of sp³-hybridized carbons (Fsp3) is 0.542. The summed E-state index contributed by atoms with van der Waals surface area (Å²) in [5.74, 6) is -2.02. The molecule has 2 aromatic rings. The van der Waals surface area contributed by atoms with Gasteiger partial charge in [-0.15, -0.1) is 0 Å². The number of ether oxygens (including phenoxy) is 6. The van der Waals surface area contributed by atoms with Crippen molar-refractivity contribution in [1.82, 2.24) is 14.6 Å². The predicted octanol–water partition coefficient (Wildman–Crippen LogP) is 0.932. The minimum absolute atomic E-state index is 0.0744. The molecule has 208 valence electrons. The number of nitrogen functional groups attached to an aromatic ring is 1. The van der Waals surface area contributed by atoms with E-state index in [1.165, 1.54) is 30.8 Å². The molecule has 2 N–H and O–H groups in total. The van der Waals surface area contributed by atoms with Crippen LogP contribution in [-0.4, -0.2) is 75.8 Å². The van der Waals surface area contributed by atoms with Crippen molar-refractivity contribution < 1.29 is 47.6 Å². The van der Waals surface area contributed by atoms with Crippen LogP contribution in [0.4, 0.5) is 10.6 Å². The first-order valence-electron chi connectivity index (χ1n) is 12.1. The number of nitrogens with zero attached hydrogens (tertiary/aromatic N) is 4. The van der Waals surface area contributed by atoms with Crippen molar-refractivity contribution in [3.63, 3.8) is 0 Å². The Labute approximate surface area is 222 Å². The van der Waals surface area contributed by atoms with Gasteiger partial charge in [0, 0.05) is 12.8 Å². The molecule has 0 unspecified atom stereocenters. The van der Waals surface area contributed by atoms with Crippen LogP contribution in [0.15, 0.2) is 18.5 Å². The highest BCUT2D eigenvalue weighted by Gasteiger charge is 2.63. The molecule has 2 aliphatic heterocycles. The number of carbonyl (C=O) groups is 4. The Bertz CT molecular complexity index is 1330. The molecule has 0 amide bonds. The van der Waals surface area contributed by atoms with Gasteiger partial charge < -0.3 is 34.2 Å². The molecule has 4 atom stereocenters. The van der Waals surface area contributed by atoms with Crippen molar-refractivity contribution in [3.05, 3.63) is 24.2 Å². The molecule has 2 aromatic heterocycles. The minimum atomic E-state index is -2.06. The largest absolute Gasteiger partial charge is 0.509 e. The number of nitriles is 1. The quantitative estimate of drug-likeness (QED) is 0.396. The van der Waals surface area contributed by atoms with Gasteiger partial charge in [-0.3, -0.25) is 9.59 Å². The predicted molar refractivity (Wildman–Crippen MR) is 126 cm³/mol. The molecule has 4 rings (SSSR count). The second-order valence-corrected chi connectivity index (χ2v) is 9.28. The van der Waals surface area contributed by atoms with Crippen LogP contribution >= 0.6 is 0 Å². The standard InChI is InChI=1S/C24H27N5O10/c1-4-34-21(32)23(2,3)39-22(33)35-10-14-18-19(37-17(31)7-5-6-16(30)36-18)24(11-25,38-14)15-9-8-13-20(26)27-12-28-29(13)15/h8-9,12,14,18-19H,4-7,10H2,1-3H3,(H2,26,27,28)/t14-,18-,19-,24+/m1/s1. The summed E-state index contributed by atoms with van der Waals surface area (Å²) in [7, 11) is 0. The van der Waals surface area contributed by atoms with Gasteiger partial charge >= 0.3 is 24.1 Å². The van der Waals surface area contributed by atoms with Crippen LogP contribution in [0.3, 0.4) is 0 Å². The minimum Gasteiger partial charge on any atom is -0.463 e. The second-order valence-electron chi connectivity index (χ2n) is 9.28. The van der Waals surface area contributed by atoms with Crippen molar-refractivity contribution in [1.29, 1.82) is 5.26 Å². The summed E-state index contributed by atoms with van der Waals surface area (Å²) >= 11 is 0. The number of hydrogen-bond acceptors (Lipinski definition) is 14. The van der Waals surface area contributed by atoms with Gasteiger partial charge in [0.2, 0.25) is 11.2 Å². The zero-order valence-corrected chi connectivity index (χ0v) is 21.4. The lowest BCUT2D eigenvalue weighted by molar-refractivity contribution is -0.167. The van der Waals surface area contributed by atoms with E-state index in [9.17, 15) is 24.4 Å². The maximum Gasteiger partial charge on any atom is 0.509 e. The van der Waals surface area contributed by atoms with Crippen molar-refractivity contribution in [2.24, 2.45) is 0 Å². The molecule has 2 saturated heterocycles. The summed E-state index contributed by atoms with van der Waals surface area (Å²) < 4.78 is 33.8. The van der Waals surface area contributed by atoms with Crippen LogP contribution in [0.25, 0.3) is 5.52 Å². The smallest absolute Gasteiger partial charge is 0.463 e. The molecule has 0 bridgehead atoms. The average molecular weight is 546 g/mol. The third-order valence-electron chi connectivity index (χ3n) is 6.19. The highest BCUT2D eigenvalue weighted by Crippen LogP contribution is 2.44. The molecule has 2 aliphatic rings. The van der Waals surface area contributed by atoms with E-state index in [2.05, 4.69) is 10.1 Å². The maximum atomic E-state index is 12.6. The Morgan fingerprint density at radius 2 is 1.95 bits per heavy atom. The molecule has 15 nitrogen and oxygen atoms in total. The Hall–Kier alpha value is -4.45. The van der Waals surface area contributed by atoms with Gasteiger partial charge in [0.1, 0.15) is 30.6 Å². The Morgan fingerprint density at radius 1 is 1.23 bits per heavy atom. The van der Waals surface area contributed by atoms with Crippen LogP contribution in [0, 0.1) is 11.3 Å². The number of fused-ring (bicyclic) bond motifs is 2. The monoisotopic (exact) mass is 545 g/mol. The van der Waals surface area contributed by atoms with Gasteiger partial charge in [0.05, 0.1) is 12.3 Å². The molecule has 15 heteroatoms. The zero-order valence-electron chi connectivity index (χ0n) is 21.4. The SMILES string of the molecule is CCOC(=O)C(C)(C)OC(=O)OC[C@H]1O[C@@](C#N)(c2ccc3c(N)ncnn23)[C@@H]2OC(=O)CCCC(=O)O[C@@H]21. The van der Waals surface area contributed by atoms with Crippen LogP contribution in [0.5, 0.6) is 0 Å². The number of esters is 3. The summed E-state index contributed by atoms with van der Waals surface area (Å²) in [4.78, 5) is 53.6. The molecule has 0 aromatic carbocycles. The van der Waals surface area contributed by atoms with Gasteiger partial charge in [-0.2, -0.15) is 10.4 Å². The third-order valence-corrected chi connectivity index (χ3v) is 6.19. The number of nitrogens with two attached hydrogens (primary N) is 1. The first kappa shape index (κ1) is 27.6. The fourth-order valence-electron chi connectivity index (χ4n) is 4.33. The van der Waals surface area contributed by atoms with E-state index in [-0.39, 0.29) is 37.4 Å². The van der Waals surface area contributed by atoms with Crippen LogP contribution in [0.1, 0.15) is 45.7 Å². The zero-order chi connectivity index (χ0) is 28.4. The van der Waals surface area contributed by atoms with Crippen molar-refractivity contribution >= 4 is 35.4 Å². The summed E-state index contributed by atoms with van der Waals surface area (Å²) in [6.45, 7) is 3.72. The first-order chi connectivity index (χ1) is 18.5. The maximum absolute atomic E-state index is 12.6. The summed E-state index contributed by atoms with van der Waals surface area (Å²) in [5, 5.41) is 14.6. The van der Waals surface area contributed by atoms with E-state index in [1.54, 1.807) is 13.0 Å². The van der Waals surface area contributed by atoms with Crippen molar-refractivity contribution in [2.45, 2.75) is 69.5 Å². The van der Waals surface area contributed by atoms with Gasteiger partial charge in [0.25, 0.3) is 0 Å². The van der Waals surface area contributed by atoms with Crippen molar-refractivity contribution in [2.75, 3.05) is 18.9 Å². The van der Waals surface area contributed by atoms with E-state index >= 15 is 0 Å². The van der Waals surface area contributed by atoms with Crippen LogP contribution in [0.2, 0.25) is 0 Å². The number of anilines is 1. The lowest BCUT2D eigenvalue weighted by atomic mass is 9.92. The van der Waals surface area contributed by atoms with E-state index in [0.29, 0.717) is 5.52 Å². The molecule has 0 radical (unpaired) electrons. The molecule has 39 heavy (non-hydrogen) atoms. The fourth-order valence-corrected chi connectivity index (χ4v) is 4.33. The summed E-state index contributed by atoms with van der Waals surface area (Å²) in [5.41, 5.74) is 2.68. The Morgan fingerprint density at radius 3 is 2.64 bits per heavy atom. The molecule has 2 fully saturated rings. The molecule has 0 saturated carbocycles. The highest BCUT2D eigenvalue weighted by atomic mass is 16.7. The lowest BCUT2D eigenvalue weighted by Gasteiger charge is -2.28. The molecule has 0 spiro atoms. The number of hydrogen-bond donors (Lipinski definition) is 1. The van der Waals surface area contributed by atoms with Crippen molar-refractivity contribution in [3.8, 4) is 6.07 Å². The number of aromatic nitrogens is 3. The highest BCUT2D eigenvalue weighted by molar-refractivity contribution is 5.81. The Balaban J connectivity index is 1.67. The molecular weight excluding hydrogens is 518 g/mol. The van der Waals surface area contributed by atoms with Gasteiger partial charge in [-0.25, -0.2) is 19.1 Å². The second kappa shape index (κ2) is 10.7. The Kier molecular flexibility index (Phi) is 7.59. The third kappa shape index (κ3) is 5.28. The first-order valence-corrected chi connectivity index (χ1v) is 12.1. The molecular formula is C24H27N5O10. The van der Waals surface area contributed by atoms with Gasteiger partial charge in [-0.05, 0) is 39.3 Å². The topological polar surface area (TPSA) is 204 Å². The van der Waals surface area contributed by atoms with Gasteiger partial charge in [-0.1, -0.05) is 0 Å².